The molecule has 5 heteroatoms. The van der Waals surface area contributed by atoms with Crippen molar-refractivity contribution >= 4 is 23.1 Å². The van der Waals surface area contributed by atoms with Crippen molar-refractivity contribution in [3.8, 4) is 0 Å². The maximum atomic E-state index is 13.8. The van der Waals surface area contributed by atoms with Crippen LogP contribution >= 0.6 is 0 Å². The molecule has 4 aliphatic rings. The van der Waals surface area contributed by atoms with Gasteiger partial charge in [-0.2, -0.15) is 0 Å². The van der Waals surface area contributed by atoms with Crippen LogP contribution in [0.15, 0.2) is 11.1 Å². The second kappa shape index (κ2) is 5.79. The van der Waals surface area contributed by atoms with Crippen LogP contribution in [0.1, 0.15) is 80.6 Å². The van der Waals surface area contributed by atoms with E-state index in [4.69, 9.17) is 0 Å². The Bertz CT molecular complexity index is 941. The average Bonchev–Trinajstić information content (AvgIpc) is 2.83. The zero-order valence-electron chi connectivity index (χ0n) is 19.3. The van der Waals surface area contributed by atoms with E-state index < -0.39 is 39.1 Å². The number of hydrogen-bond donors (Lipinski definition) is 1. The molecule has 0 heterocycles. The van der Waals surface area contributed by atoms with Crippen LogP contribution in [0.25, 0.3) is 0 Å². The molecular formula is C25H34O5. The molecule has 5 nitrogen and oxygen atoms in total. The van der Waals surface area contributed by atoms with E-state index in [-0.39, 0.29) is 36.0 Å². The van der Waals surface area contributed by atoms with Gasteiger partial charge < -0.3 is 5.11 Å². The lowest BCUT2D eigenvalue weighted by atomic mass is 9.37. The molecule has 0 aromatic carbocycles. The quantitative estimate of drug-likeness (QED) is 0.708. The summed E-state index contributed by atoms with van der Waals surface area (Å²) in [6.45, 7) is 13.1. The van der Waals surface area contributed by atoms with Crippen LogP contribution in [0.2, 0.25) is 0 Å². The Morgan fingerprint density at radius 1 is 1.00 bits per heavy atom. The number of carbonyl (C=O) groups is 4. The zero-order valence-corrected chi connectivity index (χ0v) is 19.3. The Balaban J connectivity index is 2.03. The minimum Gasteiger partial charge on any atom is -0.389 e. The summed E-state index contributed by atoms with van der Waals surface area (Å²) in [5.41, 5.74) is -2.65. The molecule has 0 aromatic rings. The van der Waals surface area contributed by atoms with Gasteiger partial charge in [0, 0.05) is 47.0 Å². The molecule has 164 valence electrons. The van der Waals surface area contributed by atoms with Crippen LogP contribution in [0.4, 0.5) is 0 Å². The Morgan fingerprint density at radius 3 is 2.17 bits per heavy atom. The highest BCUT2D eigenvalue weighted by Gasteiger charge is 2.72. The molecule has 4 rings (SSSR count). The Hall–Kier alpha value is -1.62. The number of fused-ring (bicyclic) bond motifs is 4. The number of allylic oxidation sites excluding steroid dienone is 1. The molecule has 0 radical (unpaired) electrons. The van der Waals surface area contributed by atoms with Crippen LogP contribution in [0.5, 0.6) is 0 Å². The number of aliphatic hydroxyl groups is 1. The largest absolute Gasteiger partial charge is 0.389 e. The van der Waals surface area contributed by atoms with Crippen molar-refractivity contribution in [3.05, 3.63) is 11.1 Å². The predicted molar refractivity (Wildman–Crippen MR) is 112 cm³/mol. The molecule has 0 aliphatic heterocycles. The van der Waals surface area contributed by atoms with Gasteiger partial charge in [-0.15, -0.1) is 0 Å². The van der Waals surface area contributed by atoms with Gasteiger partial charge in [-0.25, -0.2) is 0 Å². The smallest absolute Gasteiger partial charge is 0.160 e. The van der Waals surface area contributed by atoms with Gasteiger partial charge in [0.2, 0.25) is 0 Å². The maximum Gasteiger partial charge on any atom is 0.160 e. The molecule has 1 N–H and O–H groups in total. The van der Waals surface area contributed by atoms with Crippen molar-refractivity contribution in [3.63, 3.8) is 0 Å². The Labute approximate surface area is 178 Å². The van der Waals surface area contributed by atoms with Crippen molar-refractivity contribution in [2.24, 2.45) is 33.0 Å². The second-order valence-electron chi connectivity index (χ2n) is 11.7. The summed E-state index contributed by atoms with van der Waals surface area (Å²) in [4.78, 5) is 52.5. The van der Waals surface area contributed by atoms with Gasteiger partial charge in [-0.3, -0.25) is 19.2 Å². The first-order chi connectivity index (χ1) is 13.6. The number of Topliss-reactive ketones (excluding diaryl/α,β-unsaturated/α-hetero) is 4. The van der Waals surface area contributed by atoms with Crippen molar-refractivity contribution < 1.29 is 24.3 Å². The monoisotopic (exact) mass is 414 g/mol. The topological polar surface area (TPSA) is 88.5 Å². The molecule has 4 aliphatic carbocycles. The van der Waals surface area contributed by atoms with E-state index in [0.717, 1.165) is 0 Å². The fraction of sp³-hybridized carbons (Fsp3) is 0.760. The SMILES string of the molecule is CC(=O)C1CC(=O)C2(C)C3=C(C(=O)CC12C)C1(C)CCC(=O)C(C)(C)C1(C)CC3O. The molecule has 30 heavy (non-hydrogen) atoms. The van der Waals surface area contributed by atoms with Gasteiger partial charge >= 0.3 is 0 Å². The van der Waals surface area contributed by atoms with Gasteiger partial charge in [0.15, 0.2) is 5.78 Å². The standard InChI is InChI=1S/C25H34O5/c1-13(26)14-10-18(30)25(7)20-16(28)12-24(6)21(2,3)17(29)8-9-22(24,4)19(20)15(27)11-23(14,25)5/h14,16,28H,8-12H2,1-7H3. The highest BCUT2D eigenvalue weighted by Crippen LogP contribution is 2.72. The molecule has 6 atom stereocenters. The third-order valence-corrected chi connectivity index (χ3v) is 10.6. The number of ketones is 4. The van der Waals surface area contributed by atoms with Crippen molar-refractivity contribution in [2.45, 2.75) is 86.7 Å². The molecular weight excluding hydrogens is 380 g/mol. The zero-order chi connectivity index (χ0) is 22.7. The fourth-order valence-corrected chi connectivity index (χ4v) is 7.88. The molecule has 0 amide bonds. The van der Waals surface area contributed by atoms with Gasteiger partial charge in [0.1, 0.15) is 17.3 Å². The van der Waals surface area contributed by atoms with E-state index in [1.807, 2.05) is 41.5 Å². The summed E-state index contributed by atoms with van der Waals surface area (Å²) in [6, 6.07) is 0. The van der Waals surface area contributed by atoms with Crippen LogP contribution in [-0.2, 0) is 19.2 Å². The van der Waals surface area contributed by atoms with Crippen molar-refractivity contribution in [1.29, 1.82) is 0 Å². The van der Waals surface area contributed by atoms with E-state index >= 15 is 0 Å². The van der Waals surface area contributed by atoms with E-state index in [9.17, 15) is 24.3 Å². The third-order valence-electron chi connectivity index (χ3n) is 10.6. The minimum absolute atomic E-state index is 0.0531. The number of aliphatic hydroxyl groups excluding tert-OH is 1. The first kappa shape index (κ1) is 21.6. The fourth-order valence-electron chi connectivity index (χ4n) is 7.88. The molecule has 6 unspecified atom stereocenters. The molecule has 2 saturated carbocycles. The van der Waals surface area contributed by atoms with E-state index in [0.29, 0.717) is 30.4 Å². The first-order valence-corrected chi connectivity index (χ1v) is 11.1. The van der Waals surface area contributed by atoms with E-state index in [1.54, 1.807) is 0 Å². The van der Waals surface area contributed by atoms with Crippen LogP contribution < -0.4 is 0 Å². The summed E-state index contributed by atoms with van der Waals surface area (Å²) in [7, 11) is 0. The summed E-state index contributed by atoms with van der Waals surface area (Å²) in [6.07, 6.45) is 0.531. The van der Waals surface area contributed by atoms with Crippen LogP contribution in [-0.4, -0.2) is 34.3 Å². The lowest BCUT2D eigenvalue weighted by molar-refractivity contribution is -0.163. The average molecular weight is 415 g/mol. The summed E-state index contributed by atoms with van der Waals surface area (Å²) in [5, 5.41) is 11.5. The molecule has 0 spiro atoms. The minimum atomic E-state index is -1.04. The highest BCUT2D eigenvalue weighted by molar-refractivity contribution is 6.07. The lowest BCUT2D eigenvalue weighted by Crippen LogP contribution is -2.64. The number of rotatable bonds is 1. The Morgan fingerprint density at radius 2 is 1.60 bits per heavy atom. The highest BCUT2D eigenvalue weighted by atomic mass is 16.3. The van der Waals surface area contributed by atoms with Crippen LogP contribution in [0, 0.1) is 33.0 Å². The molecule has 0 bridgehead atoms. The van der Waals surface area contributed by atoms with Crippen LogP contribution in [0.3, 0.4) is 0 Å². The first-order valence-electron chi connectivity index (χ1n) is 11.1. The van der Waals surface area contributed by atoms with Crippen molar-refractivity contribution in [2.75, 3.05) is 0 Å². The Kier molecular flexibility index (Phi) is 4.17. The lowest BCUT2D eigenvalue weighted by Gasteiger charge is -2.65. The number of hydrogen-bond acceptors (Lipinski definition) is 5. The second-order valence-corrected chi connectivity index (χ2v) is 11.7. The van der Waals surface area contributed by atoms with Crippen molar-refractivity contribution in [1.82, 2.24) is 0 Å². The maximum absolute atomic E-state index is 13.8. The molecule has 2 fully saturated rings. The van der Waals surface area contributed by atoms with Gasteiger partial charge in [-0.1, -0.05) is 34.6 Å². The normalized spacial score (nSPS) is 47.7. The summed E-state index contributed by atoms with van der Waals surface area (Å²) >= 11 is 0. The number of carbonyl (C=O) groups excluding carboxylic acids is 4. The van der Waals surface area contributed by atoms with Gasteiger partial charge in [0.25, 0.3) is 0 Å². The molecule has 0 saturated heterocycles. The molecule has 0 aromatic heterocycles. The van der Waals surface area contributed by atoms with E-state index in [2.05, 4.69) is 0 Å². The van der Waals surface area contributed by atoms with E-state index in [1.165, 1.54) is 6.92 Å². The summed E-state index contributed by atoms with van der Waals surface area (Å²) < 4.78 is 0. The third kappa shape index (κ3) is 2.03. The predicted octanol–water partition coefficient (Wildman–Crippen LogP) is 3.61. The van der Waals surface area contributed by atoms with Gasteiger partial charge in [-0.05, 0) is 37.7 Å². The van der Waals surface area contributed by atoms with Gasteiger partial charge in [0.05, 0.1) is 11.5 Å². The summed E-state index contributed by atoms with van der Waals surface area (Å²) in [5.74, 6) is -0.541.